The molecule has 0 fully saturated rings. The molecule has 0 bridgehead atoms. The molecule has 8 heteroatoms. The van der Waals surface area contributed by atoms with Gasteiger partial charge in [0.1, 0.15) is 13.2 Å². The third-order valence-corrected chi connectivity index (χ3v) is 6.98. The lowest BCUT2D eigenvalue weighted by molar-refractivity contribution is 0.0939. The highest BCUT2D eigenvalue weighted by Gasteiger charge is 2.21. The van der Waals surface area contributed by atoms with E-state index in [1.807, 2.05) is 44.2 Å². The zero-order chi connectivity index (χ0) is 23.6. The quantitative estimate of drug-likeness (QED) is 0.563. The lowest BCUT2D eigenvalue weighted by atomic mass is 10.1. The van der Waals surface area contributed by atoms with Crippen molar-refractivity contribution < 1.29 is 22.7 Å². The monoisotopic (exact) mass is 466 g/mol. The number of benzene rings is 3. The van der Waals surface area contributed by atoms with Gasteiger partial charge in [0.05, 0.1) is 10.9 Å². The minimum Gasteiger partial charge on any atom is -0.486 e. The van der Waals surface area contributed by atoms with Crippen LogP contribution in [0.25, 0.3) is 0 Å². The van der Waals surface area contributed by atoms with Gasteiger partial charge in [-0.1, -0.05) is 29.8 Å². The third-order valence-electron chi connectivity index (χ3n) is 5.46. The molecule has 1 aliphatic heterocycles. The average molecular weight is 467 g/mol. The summed E-state index contributed by atoms with van der Waals surface area (Å²) in [7, 11) is -3.86. The Kier molecular flexibility index (Phi) is 6.29. The number of hydrogen-bond acceptors (Lipinski definition) is 5. The number of ether oxygens (including phenoxy) is 2. The average Bonchev–Trinajstić information content (AvgIpc) is 2.80. The summed E-state index contributed by atoms with van der Waals surface area (Å²) in [5, 5.41) is 2.92. The molecule has 0 saturated carbocycles. The Hall–Kier alpha value is -3.52. The first kappa shape index (κ1) is 22.7. The fraction of sp³-hybridized carbons (Fsp3) is 0.240. The molecule has 0 spiro atoms. The molecular formula is C25H26N2O5S. The number of carbonyl (C=O) groups excluding carboxylic acids is 1. The number of sulfonamides is 1. The second-order valence-electron chi connectivity index (χ2n) is 8.05. The van der Waals surface area contributed by atoms with Crippen LogP contribution in [0.2, 0.25) is 0 Å². The van der Waals surface area contributed by atoms with Crippen LogP contribution in [0.1, 0.15) is 40.0 Å². The van der Waals surface area contributed by atoms with Crippen LogP contribution in [0.3, 0.4) is 0 Å². The summed E-state index contributed by atoms with van der Waals surface area (Å²) >= 11 is 0. The number of rotatable bonds is 6. The van der Waals surface area contributed by atoms with E-state index in [1.165, 1.54) is 6.07 Å². The highest BCUT2D eigenvalue weighted by Crippen LogP contribution is 2.32. The molecule has 1 aliphatic rings. The van der Waals surface area contributed by atoms with Gasteiger partial charge in [-0.3, -0.25) is 9.52 Å². The second-order valence-corrected chi connectivity index (χ2v) is 9.70. The van der Waals surface area contributed by atoms with E-state index < -0.39 is 10.0 Å². The minimum atomic E-state index is -3.86. The Labute approximate surface area is 193 Å². The molecule has 0 saturated heterocycles. The van der Waals surface area contributed by atoms with Gasteiger partial charge in [0.15, 0.2) is 11.5 Å². The molecule has 0 aliphatic carbocycles. The van der Waals surface area contributed by atoms with Crippen LogP contribution in [-0.2, 0) is 10.0 Å². The second kappa shape index (κ2) is 9.15. The summed E-state index contributed by atoms with van der Waals surface area (Å²) in [6.45, 7) is 6.47. The number of nitrogens with one attached hydrogen (secondary N) is 2. The number of carbonyl (C=O) groups is 1. The SMILES string of the molecule is Cc1ccc(NS(=O)(=O)c2cc(C(=O)N[C@H](C)c3ccc4c(c3)OCCO4)ccc2C)cc1. The van der Waals surface area contributed by atoms with Gasteiger partial charge in [-0.2, -0.15) is 0 Å². The Bertz CT molecular complexity index is 1290. The molecule has 1 atom stereocenters. The summed E-state index contributed by atoms with van der Waals surface area (Å²) in [4.78, 5) is 13.0. The zero-order valence-electron chi connectivity index (χ0n) is 18.7. The molecule has 172 valence electrons. The highest BCUT2D eigenvalue weighted by atomic mass is 32.2. The van der Waals surface area contributed by atoms with Crippen molar-refractivity contribution in [1.29, 1.82) is 0 Å². The fourth-order valence-corrected chi connectivity index (χ4v) is 4.89. The highest BCUT2D eigenvalue weighted by molar-refractivity contribution is 7.92. The topological polar surface area (TPSA) is 93.7 Å². The van der Waals surface area contributed by atoms with Crippen LogP contribution in [0, 0.1) is 13.8 Å². The number of aryl methyl sites for hydroxylation is 2. The molecule has 1 amide bonds. The summed E-state index contributed by atoms with van der Waals surface area (Å²) < 4.78 is 39.7. The van der Waals surface area contributed by atoms with E-state index in [1.54, 1.807) is 31.2 Å². The molecule has 33 heavy (non-hydrogen) atoms. The zero-order valence-corrected chi connectivity index (χ0v) is 19.5. The normalized spacial score (nSPS) is 13.8. The molecule has 4 rings (SSSR count). The van der Waals surface area contributed by atoms with Gasteiger partial charge < -0.3 is 14.8 Å². The Morgan fingerprint density at radius 3 is 2.33 bits per heavy atom. The summed E-state index contributed by atoms with van der Waals surface area (Å²) in [5.74, 6) is 0.952. The van der Waals surface area contributed by atoms with Gasteiger partial charge in [0.25, 0.3) is 15.9 Å². The molecule has 7 nitrogen and oxygen atoms in total. The van der Waals surface area contributed by atoms with E-state index in [-0.39, 0.29) is 22.4 Å². The van der Waals surface area contributed by atoms with Crippen molar-refractivity contribution in [2.75, 3.05) is 17.9 Å². The Balaban J connectivity index is 1.53. The van der Waals surface area contributed by atoms with E-state index in [0.29, 0.717) is 36.0 Å². The third kappa shape index (κ3) is 5.12. The first-order valence-corrected chi connectivity index (χ1v) is 12.1. The van der Waals surface area contributed by atoms with Crippen molar-refractivity contribution in [2.45, 2.75) is 31.7 Å². The van der Waals surface area contributed by atoms with E-state index >= 15 is 0 Å². The molecule has 0 radical (unpaired) electrons. The van der Waals surface area contributed by atoms with Crippen LogP contribution in [0.5, 0.6) is 11.5 Å². The Morgan fingerprint density at radius 1 is 0.909 bits per heavy atom. The van der Waals surface area contributed by atoms with Crippen LogP contribution >= 0.6 is 0 Å². The maximum Gasteiger partial charge on any atom is 0.262 e. The number of anilines is 1. The van der Waals surface area contributed by atoms with E-state index in [9.17, 15) is 13.2 Å². The van der Waals surface area contributed by atoms with Crippen molar-refractivity contribution in [3.05, 3.63) is 82.9 Å². The largest absolute Gasteiger partial charge is 0.486 e. The Morgan fingerprint density at radius 2 is 1.61 bits per heavy atom. The lowest BCUT2D eigenvalue weighted by Crippen LogP contribution is -2.27. The van der Waals surface area contributed by atoms with E-state index in [2.05, 4.69) is 10.0 Å². The molecule has 1 heterocycles. The predicted octanol–water partition coefficient (Wildman–Crippen LogP) is 4.37. The summed E-state index contributed by atoms with van der Waals surface area (Å²) in [6, 6.07) is 16.9. The van der Waals surface area contributed by atoms with Crippen molar-refractivity contribution in [3.63, 3.8) is 0 Å². The van der Waals surface area contributed by atoms with Crippen molar-refractivity contribution in [2.24, 2.45) is 0 Å². The summed E-state index contributed by atoms with van der Waals surface area (Å²) in [5.41, 5.74) is 3.15. The smallest absolute Gasteiger partial charge is 0.262 e. The molecule has 0 unspecified atom stereocenters. The number of hydrogen-bond donors (Lipinski definition) is 2. The van der Waals surface area contributed by atoms with E-state index in [4.69, 9.17) is 9.47 Å². The van der Waals surface area contributed by atoms with Gasteiger partial charge in [-0.05, 0) is 68.3 Å². The molecule has 3 aromatic carbocycles. The van der Waals surface area contributed by atoms with Gasteiger partial charge >= 0.3 is 0 Å². The minimum absolute atomic E-state index is 0.0581. The van der Waals surface area contributed by atoms with Crippen molar-refractivity contribution in [3.8, 4) is 11.5 Å². The molecular weight excluding hydrogens is 440 g/mol. The molecule has 2 N–H and O–H groups in total. The number of amides is 1. The van der Waals surface area contributed by atoms with Gasteiger partial charge in [0.2, 0.25) is 0 Å². The van der Waals surface area contributed by atoms with Gasteiger partial charge in [-0.25, -0.2) is 8.42 Å². The van der Waals surface area contributed by atoms with Crippen LogP contribution < -0.4 is 19.5 Å². The lowest BCUT2D eigenvalue weighted by Gasteiger charge is -2.21. The fourth-order valence-electron chi connectivity index (χ4n) is 3.56. The van der Waals surface area contributed by atoms with Crippen LogP contribution in [0.4, 0.5) is 5.69 Å². The van der Waals surface area contributed by atoms with Crippen molar-refractivity contribution >= 4 is 21.6 Å². The van der Waals surface area contributed by atoms with Gasteiger partial charge in [0, 0.05) is 11.3 Å². The number of fused-ring (bicyclic) bond motifs is 1. The van der Waals surface area contributed by atoms with Crippen LogP contribution in [-0.4, -0.2) is 27.5 Å². The maximum absolute atomic E-state index is 13.0. The van der Waals surface area contributed by atoms with Crippen LogP contribution in [0.15, 0.2) is 65.6 Å². The first-order chi connectivity index (χ1) is 15.7. The van der Waals surface area contributed by atoms with Gasteiger partial charge in [-0.15, -0.1) is 0 Å². The first-order valence-electron chi connectivity index (χ1n) is 10.6. The predicted molar refractivity (Wildman–Crippen MR) is 126 cm³/mol. The molecule has 3 aromatic rings. The molecule has 0 aromatic heterocycles. The standard InChI is InChI=1S/C25H26N2O5S/c1-16-4-9-21(10-5-16)27-33(29,30)24-15-20(7-6-17(24)2)25(28)26-18(3)19-8-11-22-23(14-19)32-13-12-31-22/h4-11,14-15,18,27H,12-13H2,1-3H3,(H,26,28)/t18-/m1/s1. The van der Waals surface area contributed by atoms with E-state index in [0.717, 1.165) is 11.1 Å². The van der Waals surface area contributed by atoms with Crippen molar-refractivity contribution in [1.82, 2.24) is 5.32 Å². The maximum atomic E-state index is 13.0. The summed E-state index contributed by atoms with van der Waals surface area (Å²) in [6.07, 6.45) is 0.